The van der Waals surface area contributed by atoms with E-state index in [-0.39, 0.29) is 0 Å². The summed E-state index contributed by atoms with van der Waals surface area (Å²) in [5.41, 5.74) is -1.10. The number of hydrogen-bond donors (Lipinski definition) is 1. The van der Waals surface area contributed by atoms with Crippen molar-refractivity contribution in [3.8, 4) is 0 Å². The number of aryl methyl sites for hydroxylation is 1. The molecule has 1 saturated heterocycles. The second-order valence-corrected chi connectivity index (χ2v) is 3.29. The van der Waals surface area contributed by atoms with Crippen molar-refractivity contribution in [2.24, 2.45) is 7.05 Å². The fourth-order valence-electron chi connectivity index (χ4n) is 0.975. The number of nitrogens with one attached hydrogen (secondary N) is 1. The Hall–Kier alpha value is -1.63. The summed E-state index contributed by atoms with van der Waals surface area (Å²) in [5.74, 6) is 0. The maximum atomic E-state index is 10.6. The zero-order chi connectivity index (χ0) is 11.4. The Balaban J connectivity index is 0.000000187. The van der Waals surface area contributed by atoms with E-state index < -0.39 is 16.2 Å². The van der Waals surface area contributed by atoms with Crippen LogP contribution in [-0.4, -0.2) is 27.4 Å². The molecule has 0 bridgehead atoms. The molecule has 1 aliphatic rings. The van der Waals surface area contributed by atoms with Crippen molar-refractivity contribution in [1.29, 1.82) is 0 Å². The summed E-state index contributed by atoms with van der Waals surface area (Å²) < 4.78 is 6.17. The summed E-state index contributed by atoms with van der Waals surface area (Å²) in [6.45, 7) is 3.07. The maximum absolute atomic E-state index is 10.6. The predicted octanol–water partition coefficient (Wildman–Crippen LogP) is 0.417. The molecule has 1 fully saturated rings. The van der Waals surface area contributed by atoms with Gasteiger partial charge >= 0.3 is 11.2 Å². The van der Waals surface area contributed by atoms with Crippen LogP contribution in [0.15, 0.2) is 11.0 Å². The van der Waals surface area contributed by atoms with E-state index in [0.29, 0.717) is 6.10 Å². The molecule has 0 radical (unpaired) electrons. The summed E-state index contributed by atoms with van der Waals surface area (Å²) in [7, 11) is 1.51. The van der Waals surface area contributed by atoms with Crippen LogP contribution in [0, 0.1) is 10.1 Å². The summed E-state index contributed by atoms with van der Waals surface area (Å²) in [6.07, 6.45) is 2.96. The molecule has 7 heteroatoms. The molecule has 1 N–H and O–H groups in total. The van der Waals surface area contributed by atoms with Crippen LogP contribution in [0.3, 0.4) is 0 Å². The van der Waals surface area contributed by atoms with E-state index in [4.69, 9.17) is 4.74 Å². The molecular formula is C8H13N3O4. The molecule has 7 nitrogen and oxygen atoms in total. The Kier molecular flexibility index (Phi) is 3.62. The highest BCUT2D eigenvalue weighted by molar-refractivity contribution is 5.20. The minimum Gasteiger partial charge on any atom is -0.378 e. The second kappa shape index (κ2) is 4.74. The Morgan fingerprint density at radius 1 is 1.73 bits per heavy atom. The number of nitro groups is 1. The third kappa shape index (κ3) is 3.21. The Bertz CT molecular complexity index is 391. The van der Waals surface area contributed by atoms with Crippen molar-refractivity contribution >= 4 is 5.69 Å². The van der Waals surface area contributed by atoms with Crippen molar-refractivity contribution in [3.63, 3.8) is 0 Å². The number of rotatable bonds is 1. The third-order valence-electron chi connectivity index (χ3n) is 1.95. The number of aromatic nitrogens is 2. The van der Waals surface area contributed by atoms with Crippen LogP contribution in [0.25, 0.3) is 0 Å². The summed E-state index contributed by atoms with van der Waals surface area (Å²) in [6, 6.07) is 0. The normalized spacial score (nSPS) is 18.7. The zero-order valence-electron chi connectivity index (χ0n) is 8.60. The van der Waals surface area contributed by atoms with E-state index in [0.717, 1.165) is 12.8 Å². The molecule has 1 aromatic rings. The topological polar surface area (TPSA) is 90.2 Å². The highest BCUT2D eigenvalue weighted by Crippen LogP contribution is 2.07. The first kappa shape index (κ1) is 11.4. The minimum atomic E-state index is -0.723. The van der Waals surface area contributed by atoms with Gasteiger partial charge in [-0.3, -0.25) is 24.7 Å². The molecule has 15 heavy (non-hydrogen) atoms. The van der Waals surface area contributed by atoms with Gasteiger partial charge < -0.3 is 4.74 Å². The van der Waals surface area contributed by atoms with Gasteiger partial charge in [-0.05, 0) is 13.3 Å². The third-order valence-corrected chi connectivity index (χ3v) is 1.95. The van der Waals surface area contributed by atoms with Gasteiger partial charge in [0.15, 0.2) is 0 Å². The fraction of sp³-hybridized carbons (Fsp3) is 0.625. The first-order chi connectivity index (χ1) is 7.00. The molecule has 0 amide bonds. The van der Waals surface area contributed by atoms with Crippen molar-refractivity contribution in [1.82, 2.24) is 9.78 Å². The first-order valence-electron chi connectivity index (χ1n) is 4.52. The lowest BCUT2D eigenvalue weighted by molar-refractivity contribution is -0.386. The second-order valence-electron chi connectivity index (χ2n) is 3.29. The number of nitrogens with zero attached hydrogens (tertiary/aromatic N) is 2. The van der Waals surface area contributed by atoms with Gasteiger partial charge in [-0.15, -0.1) is 0 Å². The largest absolute Gasteiger partial charge is 0.378 e. The van der Waals surface area contributed by atoms with Crippen LogP contribution >= 0.6 is 0 Å². The van der Waals surface area contributed by atoms with E-state index in [1.165, 1.54) is 18.2 Å². The highest BCUT2D eigenvalue weighted by Gasteiger charge is 2.12. The Morgan fingerprint density at radius 2 is 2.27 bits per heavy atom. The minimum absolute atomic E-state index is 0.428. The molecular weight excluding hydrogens is 202 g/mol. The number of aromatic amines is 1. The van der Waals surface area contributed by atoms with Gasteiger partial charge in [0, 0.05) is 13.7 Å². The molecule has 84 valence electrons. The average Bonchev–Trinajstić information content (AvgIpc) is 2.43. The average molecular weight is 215 g/mol. The molecule has 0 spiro atoms. The van der Waals surface area contributed by atoms with Gasteiger partial charge in [-0.25, -0.2) is 0 Å². The molecule has 0 aromatic carbocycles. The predicted molar refractivity (Wildman–Crippen MR) is 52.7 cm³/mol. The summed E-state index contributed by atoms with van der Waals surface area (Å²) in [4.78, 5) is 19.8. The van der Waals surface area contributed by atoms with Crippen molar-refractivity contribution in [2.45, 2.75) is 19.4 Å². The lowest BCUT2D eigenvalue weighted by atomic mass is 10.2. The van der Waals surface area contributed by atoms with Gasteiger partial charge in [0.2, 0.25) is 0 Å². The molecule has 2 rings (SSSR count). The van der Waals surface area contributed by atoms with Gasteiger partial charge in [0.1, 0.15) is 6.20 Å². The lowest BCUT2D eigenvalue weighted by Gasteiger charge is -2.20. The fourth-order valence-corrected chi connectivity index (χ4v) is 0.975. The molecule has 0 saturated carbocycles. The van der Waals surface area contributed by atoms with Crippen LogP contribution in [0.5, 0.6) is 0 Å². The van der Waals surface area contributed by atoms with E-state index in [1.54, 1.807) is 0 Å². The maximum Gasteiger partial charge on any atom is 0.352 e. The van der Waals surface area contributed by atoms with Crippen LogP contribution in [0.2, 0.25) is 0 Å². The van der Waals surface area contributed by atoms with Gasteiger partial charge in [-0.1, -0.05) is 0 Å². The smallest absolute Gasteiger partial charge is 0.352 e. The van der Waals surface area contributed by atoms with Crippen LogP contribution < -0.4 is 5.56 Å². The molecule has 0 aliphatic carbocycles. The van der Waals surface area contributed by atoms with Crippen LogP contribution in [0.1, 0.15) is 13.3 Å². The Labute approximate surface area is 85.8 Å². The van der Waals surface area contributed by atoms with Gasteiger partial charge in [-0.2, -0.15) is 0 Å². The first-order valence-corrected chi connectivity index (χ1v) is 4.52. The van der Waals surface area contributed by atoms with E-state index in [2.05, 4.69) is 12.0 Å². The van der Waals surface area contributed by atoms with Crippen LogP contribution in [0.4, 0.5) is 5.69 Å². The van der Waals surface area contributed by atoms with Crippen molar-refractivity contribution in [3.05, 3.63) is 26.7 Å². The monoisotopic (exact) mass is 215 g/mol. The van der Waals surface area contributed by atoms with Gasteiger partial charge in [0.05, 0.1) is 11.0 Å². The number of H-pyrrole nitrogens is 1. The quantitative estimate of drug-likeness (QED) is 0.542. The van der Waals surface area contributed by atoms with Gasteiger partial charge in [0.25, 0.3) is 0 Å². The molecule has 1 atom stereocenters. The SMILES string of the molecule is CC1CCO1.Cn1cc([N+](=O)[O-])c(=O)[nH]1. The van der Waals surface area contributed by atoms with E-state index in [9.17, 15) is 14.9 Å². The lowest BCUT2D eigenvalue weighted by Crippen LogP contribution is -2.22. The molecule has 1 aliphatic heterocycles. The number of hydrogen-bond acceptors (Lipinski definition) is 4. The van der Waals surface area contributed by atoms with E-state index >= 15 is 0 Å². The highest BCUT2D eigenvalue weighted by atomic mass is 16.6. The Morgan fingerprint density at radius 3 is 2.40 bits per heavy atom. The standard InChI is InChI=1S/C4H5N3O3.C4H8O/c1-6-2-3(7(9)10)4(8)5-6;1-4-2-3-5-4/h2H,1H3,(H,5,8);4H,2-3H2,1H3. The van der Waals surface area contributed by atoms with Crippen molar-refractivity contribution < 1.29 is 9.66 Å². The molecule has 1 aromatic heterocycles. The van der Waals surface area contributed by atoms with E-state index in [1.807, 2.05) is 0 Å². The molecule has 1 unspecified atom stereocenters. The number of ether oxygens (including phenoxy) is 1. The molecule has 2 heterocycles. The summed E-state index contributed by atoms with van der Waals surface area (Å²) in [5, 5.41) is 12.2. The zero-order valence-corrected chi connectivity index (χ0v) is 8.60. The summed E-state index contributed by atoms with van der Waals surface area (Å²) >= 11 is 0. The van der Waals surface area contributed by atoms with Crippen LogP contribution in [-0.2, 0) is 11.8 Å². The van der Waals surface area contributed by atoms with Crippen molar-refractivity contribution in [2.75, 3.05) is 6.61 Å².